The predicted octanol–water partition coefficient (Wildman–Crippen LogP) is 5.35. The van der Waals surface area contributed by atoms with Crippen molar-refractivity contribution in [1.29, 1.82) is 0 Å². The van der Waals surface area contributed by atoms with Gasteiger partial charge in [-0.1, -0.05) is 12.1 Å². The van der Waals surface area contributed by atoms with Crippen molar-refractivity contribution in [3.05, 3.63) is 96.6 Å². The maximum Gasteiger partial charge on any atom is 0.255 e. The molecule has 1 amide bonds. The molecule has 0 radical (unpaired) electrons. The van der Waals surface area contributed by atoms with Gasteiger partial charge in [0.2, 0.25) is 0 Å². The smallest absolute Gasteiger partial charge is 0.255 e. The first kappa shape index (κ1) is 21.2. The van der Waals surface area contributed by atoms with Gasteiger partial charge in [0.1, 0.15) is 0 Å². The fourth-order valence-electron chi connectivity index (χ4n) is 4.76. The van der Waals surface area contributed by atoms with Gasteiger partial charge in [-0.2, -0.15) is 0 Å². The fraction of sp³-hybridized carbons (Fsp3) is 0.179. The second-order valence-electron chi connectivity index (χ2n) is 8.92. The minimum absolute atomic E-state index is 0.114. The number of anilines is 2. The Balaban J connectivity index is 1.32. The molecular formula is C28H26N6O. The van der Waals surface area contributed by atoms with Crippen LogP contribution in [0.4, 0.5) is 11.4 Å². The number of carbonyl (C=O) groups excluding carboxylic acids is 1. The zero-order valence-corrected chi connectivity index (χ0v) is 19.6. The first-order valence-electron chi connectivity index (χ1n) is 11.9. The van der Waals surface area contributed by atoms with Gasteiger partial charge in [0.05, 0.1) is 17.6 Å². The summed E-state index contributed by atoms with van der Waals surface area (Å²) in [7, 11) is 0. The summed E-state index contributed by atoms with van der Waals surface area (Å²) in [6.07, 6.45) is 9.86. The summed E-state index contributed by atoms with van der Waals surface area (Å²) >= 11 is 0. The van der Waals surface area contributed by atoms with Crippen LogP contribution in [0.2, 0.25) is 0 Å². The molecule has 35 heavy (non-hydrogen) atoms. The van der Waals surface area contributed by atoms with Crippen LogP contribution in [0.25, 0.3) is 22.6 Å². The molecule has 1 aliphatic rings. The molecule has 1 saturated heterocycles. The molecule has 0 atom stereocenters. The average Bonchev–Trinajstić information content (AvgIpc) is 3.65. The number of amides is 1. The molecule has 2 aromatic carbocycles. The van der Waals surface area contributed by atoms with Crippen molar-refractivity contribution < 1.29 is 4.79 Å². The Bertz CT molecular complexity index is 1510. The molecule has 6 rings (SSSR count). The van der Waals surface area contributed by atoms with Crippen LogP contribution in [0.3, 0.4) is 0 Å². The predicted molar refractivity (Wildman–Crippen MR) is 138 cm³/mol. The third-order valence-corrected chi connectivity index (χ3v) is 6.60. The lowest BCUT2D eigenvalue weighted by molar-refractivity contribution is 0.102. The molecule has 4 heterocycles. The second kappa shape index (κ2) is 8.76. The molecule has 3 aromatic heterocycles. The maximum atomic E-state index is 13.1. The zero-order valence-electron chi connectivity index (χ0n) is 19.6. The molecule has 1 fully saturated rings. The van der Waals surface area contributed by atoms with Gasteiger partial charge in [0, 0.05) is 60.2 Å². The van der Waals surface area contributed by atoms with E-state index in [1.165, 1.54) is 12.8 Å². The Morgan fingerprint density at radius 1 is 0.971 bits per heavy atom. The molecule has 0 aliphatic carbocycles. The molecule has 7 nitrogen and oxygen atoms in total. The number of aromatic nitrogens is 4. The largest absolute Gasteiger partial charge is 0.372 e. The molecule has 0 saturated carbocycles. The normalized spacial score (nSPS) is 13.5. The molecular weight excluding hydrogens is 436 g/mol. The van der Waals surface area contributed by atoms with E-state index in [1.807, 2.05) is 73.2 Å². The number of hydrogen-bond acceptors (Lipinski definition) is 4. The highest BCUT2D eigenvalue weighted by Gasteiger charge is 2.16. The van der Waals surface area contributed by atoms with Gasteiger partial charge < -0.3 is 10.2 Å². The molecule has 5 aromatic rings. The van der Waals surface area contributed by atoms with Crippen LogP contribution in [0.1, 0.15) is 28.8 Å². The van der Waals surface area contributed by atoms with Gasteiger partial charge in [-0.3, -0.25) is 14.5 Å². The number of benzene rings is 2. The Hall–Kier alpha value is -4.39. The van der Waals surface area contributed by atoms with E-state index in [9.17, 15) is 4.79 Å². The second-order valence-corrected chi connectivity index (χ2v) is 8.92. The van der Waals surface area contributed by atoms with Gasteiger partial charge in [0.15, 0.2) is 5.65 Å². The number of hydrogen-bond donors (Lipinski definition) is 1. The number of pyridine rings is 1. The molecule has 7 heteroatoms. The number of imidazole rings is 1. The third kappa shape index (κ3) is 3.95. The number of fused-ring (bicyclic) bond motifs is 1. The van der Waals surface area contributed by atoms with Crippen molar-refractivity contribution in [3.8, 4) is 16.9 Å². The van der Waals surface area contributed by atoms with Crippen molar-refractivity contribution in [2.45, 2.75) is 19.8 Å². The first-order valence-corrected chi connectivity index (χ1v) is 11.9. The van der Waals surface area contributed by atoms with Crippen LogP contribution in [0.5, 0.6) is 0 Å². The Morgan fingerprint density at radius 2 is 1.86 bits per heavy atom. The maximum absolute atomic E-state index is 13.1. The topological polar surface area (TPSA) is 67.5 Å². The minimum Gasteiger partial charge on any atom is -0.372 e. The summed E-state index contributed by atoms with van der Waals surface area (Å²) in [6, 6.07) is 19.8. The van der Waals surface area contributed by atoms with E-state index in [0.29, 0.717) is 5.56 Å². The highest BCUT2D eigenvalue weighted by molar-refractivity contribution is 6.05. The van der Waals surface area contributed by atoms with Crippen LogP contribution in [-0.2, 0) is 0 Å². The van der Waals surface area contributed by atoms with E-state index >= 15 is 0 Å². The summed E-state index contributed by atoms with van der Waals surface area (Å²) in [6.45, 7) is 4.16. The average molecular weight is 463 g/mol. The van der Waals surface area contributed by atoms with Gasteiger partial charge in [-0.15, -0.1) is 0 Å². The number of rotatable bonds is 5. The molecule has 1 aliphatic heterocycles. The minimum atomic E-state index is -0.114. The van der Waals surface area contributed by atoms with E-state index in [4.69, 9.17) is 0 Å². The van der Waals surface area contributed by atoms with Gasteiger partial charge in [-0.25, -0.2) is 9.50 Å². The summed E-state index contributed by atoms with van der Waals surface area (Å²) < 4.78 is 4.12. The molecule has 174 valence electrons. The van der Waals surface area contributed by atoms with Gasteiger partial charge in [0.25, 0.3) is 5.91 Å². The van der Waals surface area contributed by atoms with Crippen LogP contribution in [0, 0.1) is 6.92 Å². The number of nitrogens with one attached hydrogen (secondary N) is 1. The van der Waals surface area contributed by atoms with Crippen LogP contribution < -0.4 is 10.2 Å². The van der Waals surface area contributed by atoms with E-state index in [0.717, 1.165) is 52.6 Å². The third-order valence-electron chi connectivity index (χ3n) is 6.60. The van der Waals surface area contributed by atoms with E-state index < -0.39 is 0 Å². The lowest BCUT2D eigenvalue weighted by Gasteiger charge is -2.18. The van der Waals surface area contributed by atoms with Crippen LogP contribution in [-0.4, -0.2) is 38.2 Å². The summed E-state index contributed by atoms with van der Waals surface area (Å²) in [4.78, 5) is 24.3. The summed E-state index contributed by atoms with van der Waals surface area (Å²) in [5.74, 6) is -0.114. The number of aryl methyl sites for hydroxylation is 1. The standard InChI is InChI=1S/C28H26N6O/c1-20-9-10-23(31-28(35)21-6-4-8-24(16-21)32-13-2-3-14-32)17-25(20)33-15-11-27-30-19-26(34(27)33)22-7-5-12-29-18-22/h4-12,15-19H,2-3,13-14H2,1H3,(H,31,35). The number of nitrogens with zero attached hydrogens (tertiary/aromatic N) is 5. The first-order chi connectivity index (χ1) is 17.2. The lowest BCUT2D eigenvalue weighted by Crippen LogP contribution is -2.19. The van der Waals surface area contributed by atoms with Gasteiger partial charge in [-0.05, 0) is 67.8 Å². The summed E-state index contributed by atoms with van der Waals surface area (Å²) in [5, 5.41) is 3.09. The van der Waals surface area contributed by atoms with Crippen molar-refractivity contribution in [2.24, 2.45) is 0 Å². The van der Waals surface area contributed by atoms with Crippen molar-refractivity contribution in [1.82, 2.24) is 19.2 Å². The molecule has 1 N–H and O–H groups in total. The Kier molecular flexibility index (Phi) is 5.29. The fourth-order valence-corrected chi connectivity index (χ4v) is 4.76. The van der Waals surface area contributed by atoms with Crippen molar-refractivity contribution >= 4 is 22.9 Å². The lowest BCUT2D eigenvalue weighted by atomic mass is 10.1. The van der Waals surface area contributed by atoms with E-state index in [2.05, 4.69) is 42.4 Å². The van der Waals surface area contributed by atoms with E-state index in [-0.39, 0.29) is 5.91 Å². The SMILES string of the molecule is Cc1ccc(NC(=O)c2cccc(N3CCCC3)c2)cc1-n1ccc2ncc(-c3cccnc3)n21. The monoisotopic (exact) mass is 462 g/mol. The van der Waals surface area contributed by atoms with E-state index in [1.54, 1.807) is 6.20 Å². The Morgan fingerprint density at radius 3 is 2.69 bits per heavy atom. The molecule has 0 unspecified atom stereocenters. The van der Waals surface area contributed by atoms with Crippen LogP contribution >= 0.6 is 0 Å². The molecule has 0 bridgehead atoms. The van der Waals surface area contributed by atoms with Crippen molar-refractivity contribution in [2.75, 3.05) is 23.3 Å². The quantitative estimate of drug-likeness (QED) is 0.382. The highest BCUT2D eigenvalue weighted by Crippen LogP contribution is 2.26. The van der Waals surface area contributed by atoms with Gasteiger partial charge >= 0.3 is 0 Å². The van der Waals surface area contributed by atoms with Crippen LogP contribution in [0.15, 0.2) is 85.5 Å². The van der Waals surface area contributed by atoms with Crippen molar-refractivity contribution in [3.63, 3.8) is 0 Å². The summed E-state index contributed by atoms with van der Waals surface area (Å²) in [5.41, 5.74) is 7.34. The Labute approximate surface area is 203 Å². The highest BCUT2D eigenvalue weighted by atomic mass is 16.1. The molecule has 0 spiro atoms. The number of carbonyl (C=O) groups is 1. The zero-order chi connectivity index (χ0) is 23.8.